The molecule has 13 heavy (non-hydrogen) atoms. The zero-order chi connectivity index (χ0) is 10.0. The van der Waals surface area contributed by atoms with Gasteiger partial charge in [-0.05, 0) is 37.5 Å². The predicted octanol–water partition coefficient (Wildman–Crippen LogP) is 2.30. The van der Waals surface area contributed by atoms with Crippen LogP contribution in [-0.4, -0.2) is 6.29 Å². The Balaban J connectivity index is 3.60. The van der Waals surface area contributed by atoms with Gasteiger partial charge in [0.2, 0.25) is 0 Å². The zero-order valence-corrected chi connectivity index (χ0v) is 8.01. The van der Waals surface area contributed by atoms with Crippen molar-refractivity contribution in [3.8, 4) is 6.07 Å². The van der Waals surface area contributed by atoms with Gasteiger partial charge in [-0.25, -0.2) is 0 Å². The van der Waals surface area contributed by atoms with Crippen LogP contribution >= 0.6 is 0 Å². The van der Waals surface area contributed by atoms with Gasteiger partial charge in [0.1, 0.15) is 0 Å². The lowest BCUT2D eigenvalue weighted by Gasteiger charge is -2.07. The Hall–Kier alpha value is -1.62. The van der Waals surface area contributed by atoms with Crippen LogP contribution in [0.1, 0.15) is 32.6 Å². The van der Waals surface area contributed by atoms with E-state index in [9.17, 15) is 4.79 Å². The second-order valence-electron chi connectivity index (χ2n) is 3.15. The molecule has 0 spiro atoms. The molecule has 0 saturated carbocycles. The van der Waals surface area contributed by atoms with Gasteiger partial charge < -0.3 is 0 Å². The van der Waals surface area contributed by atoms with E-state index in [4.69, 9.17) is 5.26 Å². The molecule has 0 aromatic heterocycles. The van der Waals surface area contributed by atoms with Gasteiger partial charge in [-0.15, -0.1) is 0 Å². The maximum Gasteiger partial charge on any atom is 0.150 e. The normalized spacial score (nSPS) is 9.38. The van der Waals surface area contributed by atoms with Crippen molar-refractivity contribution in [1.29, 1.82) is 5.26 Å². The number of carbonyl (C=O) groups is 1. The van der Waals surface area contributed by atoms with Crippen LogP contribution < -0.4 is 0 Å². The number of nitriles is 1. The highest BCUT2D eigenvalue weighted by molar-refractivity contribution is 5.81. The van der Waals surface area contributed by atoms with Crippen LogP contribution in [0.5, 0.6) is 0 Å². The first kappa shape index (κ1) is 9.47. The molecule has 1 aromatic carbocycles. The third kappa shape index (κ3) is 1.46. The fourth-order valence-electron chi connectivity index (χ4n) is 1.55. The number of hydrogen-bond acceptors (Lipinski definition) is 2. The molecule has 0 heterocycles. The Kier molecular flexibility index (Phi) is 2.48. The highest BCUT2D eigenvalue weighted by Gasteiger charge is 2.09. The second-order valence-corrected chi connectivity index (χ2v) is 3.15. The largest absolute Gasteiger partial charge is 0.298 e. The first-order chi connectivity index (χ1) is 6.11. The van der Waals surface area contributed by atoms with Gasteiger partial charge in [-0.2, -0.15) is 5.26 Å². The quantitative estimate of drug-likeness (QED) is 0.611. The minimum atomic E-state index is 0.618. The van der Waals surface area contributed by atoms with E-state index in [-0.39, 0.29) is 0 Å². The molecule has 0 radical (unpaired) electrons. The number of benzene rings is 1. The maximum absolute atomic E-state index is 10.7. The molecule has 0 fully saturated rings. The zero-order valence-electron chi connectivity index (χ0n) is 8.01. The molecule has 0 bridgehead atoms. The summed E-state index contributed by atoms with van der Waals surface area (Å²) < 4.78 is 0. The molecule has 0 unspecified atom stereocenters. The summed E-state index contributed by atoms with van der Waals surface area (Å²) in [4.78, 5) is 10.7. The number of aryl methyl sites for hydroxylation is 2. The molecule has 1 aromatic rings. The molecule has 0 amide bonds. The average molecular weight is 173 g/mol. The average Bonchev–Trinajstić information content (AvgIpc) is 2.04. The van der Waals surface area contributed by atoms with E-state index in [2.05, 4.69) is 6.07 Å². The first-order valence-corrected chi connectivity index (χ1v) is 4.08. The van der Waals surface area contributed by atoms with E-state index in [0.29, 0.717) is 11.1 Å². The maximum atomic E-state index is 10.7. The van der Waals surface area contributed by atoms with Crippen molar-refractivity contribution in [1.82, 2.24) is 0 Å². The lowest BCUT2D eigenvalue weighted by Crippen LogP contribution is -1.97. The fraction of sp³-hybridized carbons (Fsp3) is 0.273. The molecule has 0 aliphatic heterocycles. The molecule has 2 heteroatoms. The molecule has 0 saturated heterocycles. The minimum Gasteiger partial charge on any atom is -0.298 e. The van der Waals surface area contributed by atoms with Crippen LogP contribution in [0.4, 0.5) is 0 Å². The number of aldehydes is 1. The van der Waals surface area contributed by atoms with Gasteiger partial charge in [0.15, 0.2) is 6.29 Å². The summed E-state index contributed by atoms with van der Waals surface area (Å²) in [6.45, 7) is 5.57. The topological polar surface area (TPSA) is 40.9 Å². The summed E-state index contributed by atoms with van der Waals surface area (Å²) in [6.07, 6.45) is 0.810. The van der Waals surface area contributed by atoms with Crippen LogP contribution in [0.25, 0.3) is 0 Å². The SMILES string of the molecule is Cc1cc(C)c(C=O)c(C)c1C#N. The van der Waals surface area contributed by atoms with Crippen LogP contribution in [0.15, 0.2) is 6.07 Å². The third-order valence-electron chi connectivity index (χ3n) is 2.26. The van der Waals surface area contributed by atoms with Crippen molar-refractivity contribution >= 4 is 6.29 Å². The third-order valence-corrected chi connectivity index (χ3v) is 2.26. The van der Waals surface area contributed by atoms with E-state index in [1.807, 2.05) is 26.8 Å². The van der Waals surface area contributed by atoms with Crippen molar-refractivity contribution in [2.75, 3.05) is 0 Å². The van der Waals surface area contributed by atoms with E-state index in [1.54, 1.807) is 0 Å². The number of rotatable bonds is 1. The molecule has 2 nitrogen and oxygen atoms in total. The van der Waals surface area contributed by atoms with E-state index in [0.717, 1.165) is 23.0 Å². The summed E-state index contributed by atoms with van der Waals surface area (Å²) in [6, 6.07) is 3.98. The van der Waals surface area contributed by atoms with Crippen molar-refractivity contribution in [3.63, 3.8) is 0 Å². The molecular weight excluding hydrogens is 162 g/mol. The first-order valence-electron chi connectivity index (χ1n) is 4.08. The van der Waals surface area contributed by atoms with Crippen molar-refractivity contribution in [2.24, 2.45) is 0 Å². The summed E-state index contributed by atoms with van der Waals surface area (Å²) in [5.41, 5.74) is 3.91. The summed E-state index contributed by atoms with van der Waals surface area (Å²) in [5.74, 6) is 0. The second kappa shape index (κ2) is 3.40. The van der Waals surface area contributed by atoms with E-state index >= 15 is 0 Å². The van der Waals surface area contributed by atoms with Gasteiger partial charge >= 0.3 is 0 Å². The highest BCUT2D eigenvalue weighted by Crippen LogP contribution is 2.19. The van der Waals surface area contributed by atoms with Crippen molar-refractivity contribution in [3.05, 3.63) is 33.9 Å². The Morgan fingerprint density at radius 2 is 1.92 bits per heavy atom. The fourth-order valence-corrected chi connectivity index (χ4v) is 1.55. The summed E-state index contributed by atoms with van der Waals surface area (Å²) in [5, 5.41) is 8.84. The molecule has 0 aliphatic rings. The smallest absolute Gasteiger partial charge is 0.150 e. The molecule has 0 aliphatic carbocycles. The lowest BCUT2D eigenvalue weighted by molar-refractivity contribution is 0.112. The van der Waals surface area contributed by atoms with Crippen LogP contribution in [0.2, 0.25) is 0 Å². The Bertz CT molecular complexity index is 400. The van der Waals surface area contributed by atoms with Gasteiger partial charge in [-0.1, -0.05) is 6.07 Å². The van der Waals surface area contributed by atoms with E-state index in [1.165, 1.54) is 0 Å². The Morgan fingerprint density at radius 3 is 2.38 bits per heavy atom. The minimum absolute atomic E-state index is 0.618. The molecule has 0 N–H and O–H groups in total. The van der Waals surface area contributed by atoms with Gasteiger partial charge in [0, 0.05) is 5.56 Å². The standard InChI is InChI=1S/C11H11NO/c1-7-4-8(2)11(6-13)9(3)10(7)5-12/h4,6H,1-3H3. The Morgan fingerprint density at radius 1 is 1.31 bits per heavy atom. The van der Waals surface area contributed by atoms with Gasteiger partial charge in [0.25, 0.3) is 0 Å². The number of nitrogens with zero attached hydrogens (tertiary/aromatic N) is 1. The van der Waals surface area contributed by atoms with Crippen molar-refractivity contribution in [2.45, 2.75) is 20.8 Å². The lowest BCUT2D eigenvalue weighted by atomic mass is 9.95. The van der Waals surface area contributed by atoms with Crippen LogP contribution in [-0.2, 0) is 0 Å². The van der Waals surface area contributed by atoms with Gasteiger partial charge in [0.05, 0.1) is 11.6 Å². The van der Waals surface area contributed by atoms with Crippen LogP contribution in [0.3, 0.4) is 0 Å². The van der Waals surface area contributed by atoms with E-state index < -0.39 is 0 Å². The summed E-state index contributed by atoms with van der Waals surface area (Å²) in [7, 11) is 0. The molecule has 0 atom stereocenters. The number of carbonyl (C=O) groups excluding carboxylic acids is 1. The monoisotopic (exact) mass is 173 g/mol. The Labute approximate surface area is 77.8 Å². The van der Waals surface area contributed by atoms with Crippen molar-refractivity contribution < 1.29 is 4.79 Å². The van der Waals surface area contributed by atoms with Gasteiger partial charge in [-0.3, -0.25) is 4.79 Å². The number of hydrogen-bond donors (Lipinski definition) is 0. The molecule has 66 valence electrons. The molecule has 1 rings (SSSR count). The predicted molar refractivity (Wildman–Crippen MR) is 50.8 cm³/mol. The van der Waals surface area contributed by atoms with Crippen LogP contribution in [0, 0.1) is 32.1 Å². The highest BCUT2D eigenvalue weighted by atomic mass is 16.1. The summed E-state index contributed by atoms with van der Waals surface area (Å²) >= 11 is 0. The molecular formula is C11H11NO.